The largest absolute Gasteiger partial charge is 0.345 e. The summed E-state index contributed by atoms with van der Waals surface area (Å²) < 4.78 is 0. The summed E-state index contributed by atoms with van der Waals surface area (Å²) in [5.74, 6) is 5.68. The summed E-state index contributed by atoms with van der Waals surface area (Å²) in [4.78, 5) is 24.0. The van der Waals surface area contributed by atoms with Crippen LogP contribution in [0.5, 0.6) is 0 Å². The van der Waals surface area contributed by atoms with Gasteiger partial charge >= 0.3 is 12.1 Å². The molecule has 7 heteroatoms. The second kappa shape index (κ2) is 10.0. The summed E-state index contributed by atoms with van der Waals surface area (Å²) in [6, 6.07) is -0.924. The summed E-state index contributed by atoms with van der Waals surface area (Å²) in [6.45, 7) is 4.20. The molecule has 0 radical (unpaired) electrons. The third kappa shape index (κ3) is 6.59. The van der Waals surface area contributed by atoms with Gasteiger partial charge in [-0.05, 0) is 13.3 Å². The molecule has 4 amide bonds. The molecule has 23 heavy (non-hydrogen) atoms. The molecule has 1 unspecified atom stereocenters. The van der Waals surface area contributed by atoms with Gasteiger partial charge in [0.15, 0.2) is 4.99 Å². The average Bonchev–Trinajstić information content (AvgIpc) is 2.49. The Labute approximate surface area is 145 Å². The average molecular weight is 345 g/mol. The van der Waals surface area contributed by atoms with Gasteiger partial charge < -0.3 is 5.32 Å². The molecule has 3 N–H and O–H groups in total. The number of imide groups is 1. The third-order valence-corrected chi connectivity index (χ3v) is 4.56. The molecule has 6 nitrogen and oxygen atoms in total. The number of thiol groups is 1. The van der Waals surface area contributed by atoms with Crippen LogP contribution in [0.3, 0.4) is 0 Å². The normalized spacial score (nSPS) is 21.7. The van der Waals surface area contributed by atoms with Crippen molar-refractivity contribution in [1.82, 2.24) is 15.2 Å². The van der Waals surface area contributed by atoms with Crippen LogP contribution >= 0.6 is 12.6 Å². The smallest absolute Gasteiger partial charge is 0.305 e. The highest BCUT2D eigenvalue weighted by Crippen LogP contribution is 2.20. The van der Waals surface area contributed by atoms with Gasteiger partial charge in [-0.1, -0.05) is 64.7 Å². The maximum Gasteiger partial charge on any atom is 0.345 e. The molecular weight excluding hydrogens is 312 g/mol. The molecule has 1 fully saturated rings. The number of urea groups is 2. The molecule has 0 saturated carbocycles. The molecule has 0 aromatic rings. The first kappa shape index (κ1) is 20.1. The maximum atomic E-state index is 12.1. The second-order valence-electron chi connectivity index (χ2n) is 6.44. The monoisotopic (exact) mass is 344 g/mol. The second-order valence-corrected chi connectivity index (χ2v) is 7.31. The molecule has 1 rings (SSSR count). The number of nitrogens with two attached hydrogens (primary N) is 1. The minimum Gasteiger partial charge on any atom is -0.305 e. The number of hydrogen-bond donors (Lipinski definition) is 3. The van der Waals surface area contributed by atoms with E-state index in [1.807, 2.05) is 0 Å². The van der Waals surface area contributed by atoms with Crippen LogP contribution in [-0.4, -0.2) is 33.5 Å². The van der Waals surface area contributed by atoms with Gasteiger partial charge in [0.2, 0.25) is 0 Å². The zero-order valence-corrected chi connectivity index (χ0v) is 15.4. The molecule has 1 heterocycles. The van der Waals surface area contributed by atoms with Crippen molar-refractivity contribution in [3.8, 4) is 0 Å². The van der Waals surface area contributed by atoms with E-state index in [9.17, 15) is 9.59 Å². The van der Waals surface area contributed by atoms with E-state index in [0.717, 1.165) is 29.2 Å². The van der Waals surface area contributed by atoms with Crippen molar-refractivity contribution in [2.24, 2.45) is 5.84 Å². The predicted molar refractivity (Wildman–Crippen MR) is 95.9 cm³/mol. The van der Waals surface area contributed by atoms with E-state index in [2.05, 4.69) is 24.9 Å². The van der Waals surface area contributed by atoms with Crippen LogP contribution < -0.4 is 11.2 Å². The molecule has 1 saturated heterocycles. The van der Waals surface area contributed by atoms with Gasteiger partial charge in [0.1, 0.15) is 0 Å². The fourth-order valence-electron chi connectivity index (χ4n) is 2.69. The van der Waals surface area contributed by atoms with E-state index < -0.39 is 17.1 Å². The summed E-state index contributed by atoms with van der Waals surface area (Å²) in [5, 5.41) is 3.55. The van der Waals surface area contributed by atoms with Crippen molar-refractivity contribution in [3.05, 3.63) is 0 Å². The molecule has 1 aliphatic heterocycles. The summed E-state index contributed by atoms with van der Waals surface area (Å²) in [6.07, 6.45) is 12.1. The molecule has 1 aliphatic rings. The maximum absolute atomic E-state index is 12.1. The van der Waals surface area contributed by atoms with Crippen molar-refractivity contribution < 1.29 is 9.59 Å². The lowest BCUT2D eigenvalue weighted by Crippen LogP contribution is -2.71. The van der Waals surface area contributed by atoms with Crippen LogP contribution in [0.4, 0.5) is 9.59 Å². The topological polar surface area (TPSA) is 78.7 Å². The number of amides is 4. The lowest BCUT2D eigenvalue weighted by Gasteiger charge is -2.42. The number of carbonyl (C=O) groups is 2. The number of carbonyl (C=O) groups excluding carboxylic acids is 2. The van der Waals surface area contributed by atoms with Crippen LogP contribution in [0, 0.1) is 0 Å². The third-order valence-electron chi connectivity index (χ3n) is 4.23. The summed E-state index contributed by atoms with van der Waals surface area (Å²) in [5.41, 5.74) is 0. The number of hydrogen-bond acceptors (Lipinski definition) is 4. The zero-order valence-electron chi connectivity index (χ0n) is 14.5. The first-order valence-electron chi connectivity index (χ1n) is 8.81. The first-order valence-corrected chi connectivity index (χ1v) is 9.26. The van der Waals surface area contributed by atoms with Crippen LogP contribution in [0.15, 0.2) is 0 Å². The molecule has 134 valence electrons. The van der Waals surface area contributed by atoms with Gasteiger partial charge in [-0.15, -0.1) is 12.6 Å². The Bertz CT molecular complexity index is 390. The Morgan fingerprint density at radius 1 is 1.00 bits per heavy atom. The highest BCUT2D eigenvalue weighted by atomic mass is 32.1. The van der Waals surface area contributed by atoms with E-state index in [1.54, 1.807) is 6.92 Å². The predicted octanol–water partition coefficient (Wildman–Crippen LogP) is 3.83. The van der Waals surface area contributed by atoms with Crippen LogP contribution in [-0.2, 0) is 0 Å². The molecule has 0 spiro atoms. The Morgan fingerprint density at radius 2 is 1.48 bits per heavy atom. The summed E-state index contributed by atoms with van der Waals surface area (Å²) >= 11 is 4.17. The van der Waals surface area contributed by atoms with Crippen molar-refractivity contribution in [2.45, 2.75) is 83.1 Å². The number of rotatable bonds is 11. The van der Waals surface area contributed by atoms with Gasteiger partial charge in [0.05, 0.1) is 0 Å². The van der Waals surface area contributed by atoms with Gasteiger partial charge in [0.25, 0.3) is 0 Å². The first-order chi connectivity index (χ1) is 10.9. The quantitative estimate of drug-likeness (QED) is 0.231. The Balaban J connectivity index is 2.12. The highest BCUT2D eigenvalue weighted by Gasteiger charge is 2.42. The van der Waals surface area contributed by atoms with Gasteiger partial charge in [-0.25, -0.2) is 25.3 Å². The standard InChI is InChI=1S/C16H32N4O2S/c1-3-4-5-6-7-8-9-10-11-12-13-19-14(21)18-16(2,23)20(17)15(19)22/h23H,3-13,17H2,1-2H3,(H,18,21). The Hall–Kier alpha value is -0.950. The number of nitrogens with zero attached hydrogens (tertiary/aromatic N) is 2. The van der Waals surface area contributed by atoms with E-state index in [0.29, 0.717) is 6.54 Å². The van der Waals surface area contributed by atoms with Crippen molar-refractivity contribution in [1.29, 1.82) is 0 Å². The number of hydrazine groups is 1. The molecule has 0 aromatic carbocycles. The van der Waals surface area contributed by atoms with Crippen molar-refractivity contribution in [3.63, 3.8) is 0 Å². The van der Waals surface area contributed by atoms with E-state index >= 15 is 0 Å². The van der Waals surface area contributed by atoms with Gasteiger partial charge in [0, 0.05) is 6.54 Å². The number of nitrogens with one attached hydrogen (secondary N) is 1. The Morgan fingerprint density at radius 3 is 2.00 bits per heavy atom. The molecule has 1 atom stereocenters. The molecule has 0 aliphatic carbocycles. The fourth-order valence-corrected chi connectivity index (χ4v) is 2.87. The number of unbranched alkanes of at least 4 members (excludes halogenated alkanes) is 9. The lowest BCUT2D eigenvalue weighted by atomic mass is 10.1. The van der Waals surface area contributed by atoms with Gasteiger partial charge in [-0.3, -0.25) is 0 Å². The van der Waals surface area contributed by atoms with Crippen molar-refractivity contribution >= 4 is 24.7 Å². The van der Waals surface area contributed by atoms with Crippen LogP contribution in [0.1, 0.15) is 78.1 Å². The Kier molecular flexibility index (Phi) is 8.76. The minimum atomic E-state index is -1.14. The molecule has 0 aromatic heterocycles. The van der Waals surface area contributed by atoms with E-state index in [1.165, 1.54) is 44.9 Å². The van der Waals surface area contributed by atoms with Crippen LogP contribution in [0.25, 0.3) is 0 Å². The lowest BCUT2D eigenvalue weighted by molar-refractivity contribution is 0.0961. The summed E-state index contributed by atoms with van der Waals surface area (Å²) in [7, 11) is 0. The van der Waals surface area contributed by atoms with E-state index in [4.69, 9.17) is 5.84 Å². The SMILES string of the molecule is CCCCCCCCCCCCN1C(=O)NC(C)(S)N(N)C1=O. The van der Waals surface area contributed by atoms with E-state index in [-0.39, 0.29) is 0 Å². The molecular formula is C16H32N4O2S. The van der Waals surface area contributed by atoms with Crippen molar-refractivity contribution in [2.75, 3.05) is 6.54 Å². The molecule has 0 bridgehead atoms. The van der Waals surface area contributed by atoms with Crippen LogP contribution in [0.2, 0.25) is 0 Å². The zero-order chi connectivity index (χ0) is 17.3. The highest BCUT2D eigenvalue weighted by molar-refractivity contribution is 7.81. The minimum absolute atomic E-state index is 0.402. The fraction of sp³-hybridized carbons (Fsp3) is 0.875. The van der Waals surface area contributed by atoms with Gasteiger partial charge in [-0.2, -0.15) is 0 Å².